The van der Waals surface area contributed by atoms with Gasteiger partial charge in [0.15, 0.2) is 6.04 Å². The number of nitrogens with one attached hydrogen (secondary N) is 1. The summed E-state index contributed by atoms with van der Waals surface area (Å²) < 4.78 is 5.02. The number of halogens is 1. The van der Waals surface area contributed by atoms with Crippen LogP contribution in [0, 0.1) is 0 Å². The summed E-state index contributed by atoms with van der Waals surface area (Å²) in [4.78, 5) is 23.6. The van der Waals surface area contributed by atoms with E-state index in [1.54, 1.807) is 48.5 Å². The molecular weight excluding hydrogens is 346 g/mol. The highest BCUT2D eigenvalue weighted by Crippen LogP contribution is 2.21. The maximum atomic E-state index is 12.1. The summed E-state index contributed by atoms with van der Waals surface area (Å²) in [6.07, 6.45) is -1.41. The maximum absolute atomic E-state index is 12.1. The average Bonchev–Trinajstić information content (AvgIpc) is 2.61. The molecule has 0 aliphatic heterocycles. The van der Waals surface area contributed by atoms with Gasteiger partial charge in [-0.1, -0.05) is 35.9 Å². The molecule has 0 saturated heterocycles. The van der Waals surface area contributed by atoms with Gasteiger partial charge in [0.25, 0.3) is 0 Å². The number of methoxy groups -OCH3 is 1. The minimum Gasteiger partial charge on any atom is -0.497 e. The second-order valence-corrected chi connectivity index (χ2v) is 5.84. The van der Waals surface area contributed by atoms with Crippen molar-refractivity contribution in [3.8, 4) is 5.75 Å². The van der Waals surface area contributed by atoms with E-state index in [0.29, 0.717) is 21.9 Å². The Morgan fingerprint density at radius 3 is 2.24 bits per heavy atom. The normalized spacial score (nSPS) is 12.9. The molecule has 0 spiro atoms. The summed E-state index contributed by atoms with van der Waals surface area (Å²) in [5.74, 6) is -1.26. The molecule has 2 rings (SSSR count). The zero-order valence-corrected chi connectivity index (χ0v) is 14.2. The van der Waals surface area contributed by atoms with Gasteiger partial charge in [0.05, 0.1) is 13.5 Å². The maximum Gasteiger partial charge on any atom is 0.329 e. The molecule has 7 heteroatoms. The van der Waals surface area contributed by atoms with Crippen molar-refractivity contribution in [3.63, 3.8) is 0 Å². The fraction of sp³-hybridized carbons (Fsp3) is 0.222. The summed E-state index contributed by atoms with van der Waals surface area (Å²) in [5, 5.41) is 22.5. The van der Waals surface area contributed by atoms with E-state index in [1.165, 1.54) is 7.11 Å². The van der Waals surface area contributed by atoms with Crippen LogP contribution in [0.4, 0.5) is 0 Å². The van der Waals surface area contributed by atoms with Crippen molar-refractivity contribution in [1.82, 2.24) is 5.32 Å². The molecule has 132 valence electrons. The number of carbonyl (C=O) groups excluding carboxylic acids is 1. The van der Waals surface area contributed by atoms with Gasteiger partial charge in [-0.05, 0) is 35.4 Å². The molecule has 0 bridgehead atoms. The predicted octanol–water partition coefficient (Wildman–Crippen LogP) is 2.19. The van der Waals surface area contributed by atoms with Crippen LogP contribution in [0.5, 0.6) is 5.75 Å². The van der Waals surface area contributed by atoms with E-state index < -0.39 is 24.0 Å². The summed E-state index contributed by atoms with van der Waals surface area (Å²) in [6.45, 7) is 0. The molecule has 0 fully saturated rings. The standard InChI is InChI=1S/C18H18ClNO5/c1-25-14-8-4-12(5-9-14)17(22)16(18(23)24)20-15(21)10-11-2-6-13(19)7-3-11/h2-9,16-17,22H,10H2,1H3,(H,20,21)(H,23,24). The van der Waals surface area contributed by atoms with Crippen LogP contribution >= 0.6 is 11.6 Å². The Kier molecular flexibility index (Phi) is 6.38. The van der Waals surface area contributed by atoms with Crippen LogP contribution in [-0.2, 0) is 16.0 Å². The van der Waals surface area contributed by atoms with Gasteiger partial charge in [-0.25, -0.2) is 4.79 Å². The highest BCUT2D eigenvalue weighted by Gasteiger charge is 2.29. The number of aliphatic carboxylic acids is 1. The topological polar surface area (TPSA) is 95.9 Å². The third kappa shape index (κ3) is 5.20. The molecule has 2 unspecified atom stereocenters. The Labute approximate surface area is 150 Å². The van der Waals surface area contributed by atoms with Crippen LogP contribution in [0.2, 0.25) is 5.02 Å². The number of carbonyl (C=O) groups is 2. The van der Waals surface area contributed by atoms with Crippen molar-refractivity contribution < 1.29 is 24.5 Å². The molecule has 0 aromatic heterocycles. The number of aliphatic hydroxyl groups is 1. The molecule has 0 saturated carbocycles. The number of carboxylic acids is 1. The molecule has 0 aliphatic rings. The van der Waals surface area contributed by atoms with Gasteiger partial charge in [0, 0.05) is 5.02 Å². The summed E-state index contributed by atoms with van der Waals surface area (Å²) in [5.41, 5.74) is 1.05. The Bertz CT molecular complexity index is 730. The number of aliphatic hydroxyl groups excluding tert-OH is 1. The van der Waals surface area contributed by atoms with Crippen molar-refractivity contribution in [3.05, 3.63) is 64.7 Å². The van der Waals surface area contributed by atoms with Crippen molar-refractivity contribution in [2.24, 2.45) is 0 Å². The first-order valence-corrected chi connectivity index (χ1v) is 7.87. The third-order valence-electron chi connectivity index (χ3n) is 3.63. The minimum absolute atomic E-state index is 0.0176. The summed E-state index contributed by atoms with van der Waals surface area (Å²) in [7, 11) is 1.50. The zero-order valence-electron chi connectivity index (χ0n) is 13.5. The van der Waals surface area contributed by atoms with Crippen LogP contribution < -0.4 is 10.1 Å². The highest BCUT2D eigenvalue weighted by atomic mass is 35.5. The lowest BCUT2D eigenvalue weighted by molar-refractivity contribution is -0.145. The first-order valence-electron chi connectivity index (χ1n) is 7.49. The highest BCUT2D eigenvalue weighted by molar-refractivity contribution is 6.30. The number of hydrogen-bond donors (Lipinski definition) is 3. The quantitative estimate of drug-likeness (QED) is 0.700. The van der Waals surface area contributed by atoms with Gasteiger partial charge in [-0.2, -0.15) is 0 Å². The molecule has 0 radical (unpaired) electrons. The first-order chi connectivity index (χ1) is 11.9. The van der Waals surface area contributed by atoms with E-state index in [9.17, 15) is 19.8 Å². The van der Waals surface area contributed by atoms with Crippen molar-refractivity contribution in [2.75, 3.05) is 7.11 Å². The smallest absolute Gasteiger partial charge is 0.329 e. The van der Waals surface area contributed by atoms with Crippen LogP contribution in [0.3, 0.4) is 0 Å². The number of ether oxygens (including phenoxy) is 1. The first kappa shape index (κ1) is 18.8. The van der Waals surface area contributed by atoms with Gasteiger partial charge in [-0.15, -0.1) is 0 Å². The number of amides is 1. The monoisotopic (exact) mass is 363 g/mol. The Morgan fingerprint density at radius 2 is 1.72 bits per heavy atom. The molecule has 3 N–H and O–H groups in total. The van der Waals surface area contributed by atoms with Gasteiger partial charge >= 0.3 is 5.97 Å². The second-order valence-electron chi connectivity index (χ2n) is 5.40. The Hall–Kier alpha value is -2.57. The largest absolute Gasteiger partial charge is 0.497 e. The molecule has 0 aliphatic carbocycles. The van der Waals surface area contributed by atoms with Gasteiger partial charge < -0.3 is 20.3 Å². The van der Waals surface area contributed by atoms with Gasteiger partial charge in [0.2, 0.25) is 5.91 Å². The number of rotatable bonds is 7. The number of hydrogen-bond acceptors (Lipinski definition) is 4. The van der Waals surface area contributed by atoms with E-state index >= 15 is 0 Å². The van der Waals surface area contributed by atoms with Gasteiger partial charge in [-0.3, -0.25) is 4.79 Å². The van der Waals surface area contributed by atoms with Crippen LogP contribution in [0.15, 0.2) is 48.5 Å². The molecule has 0 heterocycles. The van der Waals surface area contributed by atoms with Gasteiger partial charge in [0.1, 0.15) is 11.9 Å². The molecule has 25 heavy (non-hydrogen) atoms. The third-order valence-corrected chi connectivity index (χ3v) is 3.89. The molecule has 2 aromatic rings. The minimum atomic E-state index is -1.46. The fourth-order valence-electron chi connectivity index (χ4n) is 2.28. The van der Waals surface area contributed by atoms with Crippen LogP contribution in [0.1, 0.15) is 17.2 Å². The average molecular weight is 364 g/mol. The number of benzene rings is 2. The van der Waals surface area contributed by atoms with E-state index in [0.717, 1.165) is 0 Å². The summed E-state index contributed by atoms with van der Waals surface area (Å²) >= 11 is 5.78. The van der Waals surface area contributed by atoms with E-state index in [1.807, 2.05) is 0 Å². The van der Waals surface area contributed by atoms with E-state index in [2.05, 4.69) is 5.32 Å². The van der Waals surface area contributed by atoms with Crippen molar-refractivity contribution in [1.29, 1.82) is 0 Å². The summed E-state index contributed by atoms with van der Waals surface area (Å²) in [6, 6.07) is 11.5. The SMILES string of the molecule is COc1ccc(C(O)C(NC(=O)Cc2ccc(Cl)cc2)C(=O)O)cc1. The van der Waals surface area contributed by atoms with Crippen molar-refractivity contribution >= 4 is 23.5 Å². The molecular formula is C18H18ClNO5. The fourth-order valence-corrected chi connectivity index (χ4v) is 2.41. The molecule has 6 nitrogen and oxygen atoms in total. The Balaban J connectivity index is 2.07. The van der Waals surface area contributed by atoms with E-state index in [-0.39, 0.29) is 6.42 Å². The lowest BCUT2D eigenvalue weighted by atomic mass is 10.0. The van der Waals surface area contributed by atoms with E-state index in [4.69, 9.17) is 16.3 Å². The number of carboxylic acid groups (broad SMARTS) is 1. The second kappa shape index (κ2) is 8.50. The Morgan fingerprint density at radius 1 is 1.12 bits per heavy atom. The predicted molar refractivity (Wildman–Crippen MR) is 92.7 cm³/mol. The lowest BCUT2D eigenvalue weighted by Crippen LogP contribution is -2.45. The lowest BCUT2D eigenvalue weighted by Gasteiger charge is -2.21. The van der Waals surface area contributed by atoms with Crippen molar-refractivity contribution in [2.45, 2.75) is 18.6 Å². The van der Waals surface area contributed by atoms with Crippen LogP contribution in [0.25, 0.3) is 0 Å². The van der Waals surface area contributed by atoms with Crippen LogP contribution in [-0.4, -0.2) is 35.2 Å². The molecule has 1 amide bonds. The zero-order chi connectivity index (χ0) is 18.4. The molecule has 2 atom stereocenters. The molecule has 2 aromatic carbocycles.